The molecule has 7 nitrogen and oxygen atoms in total. The van der Waals surface area contributed by atoms with E-state index in [1.807, 2.05) is 19.1 Å². The molecule has 142 valence electrons. The van der Waals surface area contributed by atoms with Crippen LogP contribution < -0.4 is 10.7 Å². The van der Waals surface area contributed by atoms with Gasteiger partial charge >= 0.3 is 0 Å². The molecule has 0 bridgehead atoms. The summed E-state index contributed by atoms with van der Waals surface area (Å²) < 4.78 is 12.8. The number of halogens is 1. The van der Waals surface area contributed by atoms with Crippen molar-refractivity contribution < 1.29 is 14.0 Å². The van der Waals surface area contributed by atoms with E-state index in [0.29, 0.717) is 21.3 Å². The predicted molar refractivity (Wildman–Crippen MR) is 105 cm³/mol. The summed E-state index contributed by atoms with van der Waals surface area (Å²) in [4.78, 5) is 24.2. The van der Waals surface area contributed by atoms with Crippen molar-refractivity contribution in [3.05, 3.63) is 76.0 Å². The number of hydrazone groups is 1. The molecule has 0 aliphatic heterocycles. The molecule has 0 radical (unpaired) electrons. The van der Waals surface area contributed by atoms with Gasteiger partial charge in [0.2, 0.25) is 11.0 Å². The molecule has 0 atom stereocenters. The third-order valence-corrected chi connectivity index (χ3v) is 4.50. The van der Waals surface area contributed by atoms with Crippen LogP contribution in [0.2, 0.25) is 0 Å². The third kappa shape index (κ3) is 5.27. The molecule has 1 aromatic heterocycles. The minimum absolute atomic E-state index is 0.0291. The number of aromatic nitrogens is 2. The van der Waals surface area contributed by atoms with Crippen molar-refractivity contribution in [1.82, 2.24) is 15.6 Å². The van der Waals surface area contributed by atoms with E-state index in [2.05, 4.69) is 26.0 Å². The van der Waals surface area contributed by atoms with Crippen molar-refractivity contribution in [2.45, 2.75) is 13.3 Å². The zero-order chi connectivity index (χ0) is 19.9. The van der Waals surface area contributed by atoms with Gasteiger partial charge in [-0.3, -0.25) is 14.9 Å². The average molecular weight is 397 g/mol. The molecule has 0 saturated heterocycles. The van der Waals surface area contributed by atoms with Gasteiger partial charge in [-0.2, -0.15) is 5.10 Å². The van der Waals surface area contributed by atoms with Crippen molar-refractivity contribution >= 4 is 34.5 Å². The Morgan fingerprint density at radius 3 is 2.64 bits per heavy atom. The molecule has 0 spiro atoms. The van der Waals surface area contributed by atoms with Gasteiger partial charge in [-0.15, -0.1) is 10.2 Å². The van der Waals surface area contributed by atoms with E-state index in [-0.39, 0.29) is 24.1 Å². The van der Waals surface area contributed by atoms with Crippen molar-refractivity contribution in [3.8, 4) is 0 Å². The van der Waals surface area contributed by atoms with Crippen LogP contribution in [0.15, 0.2) is 53.6 Å². The highest BCUT2D eigenvalue weighted by atomic mass is 32.1. The van der Waals surface area contributed by atoms with Crippen molar-refractivity contribution in [3.63, 3.8) is 0 Å². The van der Waals surface area contributed by atoms with Crippen LogP contribution in [0.1, 0.15) is 26.5 Å². The fourth-order valence-electron chi connectivity index (χ4n) is 2.27. The molecule has 0 saturated carbocycles. The van der Waals surface area contributed by atoms with Crippen LogP contribution in [0.3, 0.4) is 0 Å². The number of nitrogens with zero attached hydrogens (tertiary/aromatic N) is 3. The molecule has 0 aliphatic carbocycles. The SMILES string of the molecule is Cc1ccccc1C(=O)Nc1nnc(CC(=O)N/N=C/c2ccc(F)cc2)s1. The van der Waals surface area contributed by atoms with E-state index in [4.69, 9.17) is 0 Å². The Morgan fingerprint density at radius 2 is 1.89 bits per heavy atom. The highest BCUT2D eigenvalue weighted by molar-refractivity contribution is 7.15. The first kappa shape index (κ1) is 19.3. The van der Waals surface area contributed by atoms with Gasteiger partial charge in [0.15, 0.2) is 0 Å². The number of aryl methyl sites for hydroxylation is 1. The lowest BCUT2D eigenvalue weighted by molar-refractivity contribution is -0.120. The maximum absolute atomic E-state index is 12.8. The molecule has 3 aromatic rings. The fourth-order valence-corrected chi connectivity index (χ4v) is 3.01. The molecule has 9 heteroatoms. The van der Waals surface area contributed by atoms with Crippen molar-refractivity contribution in [2.75, 3.05) is 5.32 Å². The average Bonchev–Trinajstić information content (AvgIpc) is 3.10. The van der Waals surface area contributed by atoms with E-state index in [9.17, 15) is 14.0 Å². The van der Waals surface area contributed by atoms with Crippen LogP contribution in [0.4, 0.5) is 9.52 Å². The summed E-state index contributed by atoms with van der Waals surface area (Å²) in [6.45, 7) is 1.84. The first-order valence-electron chi connectivity index (χ1n) is 8.28. The molecule has 28 heavy (non-hydrogen) atoms. The molecule has 2 amide bonds. The number of hydrogen-bond acceptors (Lipinski definition) is 6. The van der Waals surface area contributed by atoms with E-state index in [1.165, 1.54) is 18.3 Å². The number of benzene rings is 2. The zero-order valence-corrected chi connectivity index (χ0v) is 15.7. The second kappa shape index (κ2) is 8.96. The predicted octanol–water partition coefficient (Wildman–Crippen LogP) is 2.93. The molecular weight excluding hydrogens is 381 g/mol. The number of amides is 2. The first-order chi connectivity index (χ1) is 13.5. The fraction of sp³-hybridized carbons (Fsp3) is 0.105. The van der Waals surface area contributed by atoms with Gasteiger partial charge in [0.05, 0.1) is 12.6 Å². The van der Waals surface area contributed by atoms with E-state index in [0.717, 1.165) is 16.9 Å². The summed E-state index contributed by atoms with van der Waals surface area (Å²) in [5.41, 5.74) is 4.42. The van der Waals surface area contributed by atoms with Gasteiger partial charge < -0.3 is 0 Å². The molecule has 0 unspecified atom stereocenters. The molecule has 0 aliphatic rings. The Hall–Kier alpha value is -3.46. The van der Waals surface area contributed by atoms with Crippen LogP contribution in [0.25, 0.3) is 0 Å². The van der Waals surface area contributed by atoms with Gasteiger partial charge in [0.1, 0.15) is 10.8 Å². The van der Waals surface area contributed by atoms with E-state index < -0.39 is 0 Å². The summed E-state index contributed by atoms with van der Waals surface area (Å²) in [6.07, 6.45) is 1.38. The number of carbonyl (C=O) groups excluding carboxylic acids is 2. The Bertz CT molecular complexity index is 1020. The Balaban J connectivity index is 1.52. The lowest BCUT2D eigenvalue weighted by atomic mass is 10.1. The quantitative estimate of drug-likeness (QED) is 0.494. The van der Waals surface area contributed by atoms with E-state index >= 15 is 0 Å². The second-order valence-electron chi connectivity index (χ2n) is 5.79. The van der Waals surface area contributed by atoms with E-state index in [1.54, 1.807) is 24.3 Å². The van der Waals surface area contributed by atoms with Crippen molar-refractivity contribution in [2.24, 2.45) is 5.10 Å². The summed E-state index contributed by atoms with van der Waals surface area (Å²) >= 11 is 1.11. The van der Waals surface area contributed by atoms with Crippen LogP contribution >= 0.6 is 11.3 Å². The molecule has 1 heterocycles. The Labute approximate surface area is 164 Å². The molecule has 0 fully saturated rings. The summed E-state index contributed by atoms with van der Waals surface area (Å²) in [6, 6.07) is 12.9. The highest BCUT2D eigenvalue weighted by Gasteiger charge is 2.13. The number of hydrogen-bond donors (Lipinski definition) is 2. The van der Waals surface area contributed by atoms with Gasteiger partial charge in [0.25, 0.3) is 5.91 Å². The van der Waals surface area contributed by atoms with Gasteiger partial charge in [0, 0.05) is 5.56 Å². The van der Waals surface area contributed by atoms with Crippen molar-refractivity contribution in [1.29, 1.82) is 0 Å². The molecule has 3 rings (SSSR count). The maximum atomic E-state index is 12.8. The largest absolute Gasteiger partial charge is 0.296 e. The Morgan fingerprint density at radius 1 is 1.14 bits per heavy atom. The lowest BCUT2D eigenvalue weighted by Crippen LogP contribution is -2.19. The molecule has 2 N–H and O–H groups in total. The van der Waals surface area contributed by atoms with Gasteiger partial charge in [-0.1, -0.05) is 41.7 Å². The third-order valence-electron chi connectivity index (χ3n) is 3.66. The minimum Gasteiger partial charge on any atom is -0.296 e. The van der Waals surface area contributed by atoms with Gasteiger partial charge in [-0.25, -0.2) is 9.82 Å². The standard InChI is InChI=1S/C19H16FN5O2S/c1-12-4-2-3-5-15(12)18(27)22-19-25-24-17(28-19)10-16(26)23-21-11-13-6-8-14(20)9-7-13/h2-9,11H,10H2,1H3,(H,23,26)(H,22,25,27)/b21-11+. The number of anilines is 1. The lowest BCUT2D eigenvalue weighted by Gasteiger charge is -2.03. The van der Waals surface area contributed by atoms with Crippen LogP contribution in [0.5, 0.6) is 0 Å². The molecule has 2 aromatic carbocycles. The normalized spacial score (nSPS) is 10.8. The van der Waals surface area contributed by atoms with Crippen LogP contribution in [0, 0.1) is 12.7 Å². The smallest absolute Gasteiger partial charge is 0.257 e. The van der Waals surface area contributed by atoms with Crippen LogP contribution in [-0.2, 0) is 11.2 Å². The highest BCUT2D eigenvalue weighted by Crippen LogP contribution is 2.17. The Kier molecular flexibility index (Phi) is 6.18. The van der Waals surface area contributed by atoms with Crippen LogP contribution in [-0.4, -0.2) is 28.2 Å². The zero-order valence-electron chi connectivity index (χ0n) is 14.8. The van der Waals surface area contributed by atoms with Gasteiger partial charge in [-0.05, 0) is 36.2 Å². The summed E-state index contributed by atoms with van der Waals surface area (Å²) in [7, 11) is 0. The maximum Gasteiger partial charge on any atom is 0.257 e. The topological polar surface area (TPSA) is 96.3 Å². The first-order valence-corrected chi connectivity index (χ1v) is 9.10. The summed E-state index contributed by atoms with van der Waals surface area (Å²) in [5, 5.41) is 15.0. The number of nitrogens with one attached hydrogen (secondary N) is 2. The number of carbonyl (C=O) groups is 2. The minimum atomic E-state index is -0.383. The second-order valence-corrected chi connectivity index (χ2v) is 6.85. The number of rotatable bonds is 6. The monoisotopic (exact) mass is 397 g/mol. The molecular formula is C19H16FN5O2S. The summed E-state index contributed by atoms with van der Waals surface area (Å²) in [5.74, 6) is -1.01.